The minimum Gasteiger partial charge on any atom is -0.508 e. The van der Waals surface area contributed by atoms with Crippen molar-refractivity contribution in [3.05, 3.63) is 22.7 Å². The molecule has 0 aliphatic rings. The highest BCUT2D eigenvalue weighted by Gasteiger charge is 2.00. The highest BCUT2D eigenvalue weighted by Crippen LogP contribution is 2.28. The zero-order chi connectivity index (χ0) is 8.97. The van der Waals surface area contributed by atoms with E-state index in [2.05, 4.69) is 15.9 Å². The van der Waals surface area contributed by atoms with Gasteiger partial charge in [-0.2, -0.15) is 0 Å². The third kappa shape index (κ3) is 2.41. The molecule has 0 fully saturated rings. The molecule has 0 aromatic heterocycles. The number of aromatic hydroxyl groups is 1. The molecule has 12 heavy (non-hydrogen) atoms. The Morgan fingerprint density at radius 2 is 2.25 bits per heavy atom. The van der Waals surface area contributed by atoms with Gasteiger partial charge in [0.25, 0.3) is 0 Å². The van der Waals surface area contributed by atoms with Crippen LogP contribution in [0, 0.1) is 0 Å². The van der Waals surface area contributed by atoms with E-state index in [1.165, 1.54) is 0 Å². The normalized spacial score (nSPS) is 9.83. The van der Waals surface area contributed by atoms with E-state index in [1.807, 2.05) is 6.92 Å². The van der Waals surface area contributed by atoms with Crippen LogP contribution < -0.4 is 4.74 Å². The summed E-state index contributed by atoms with van der Waals surface area (Å²) >= 11 is 3.29. The lowest BCUT2D eigenvalue weighted by atomic mass is 10.3. The first-order valence-corrected chi connectivity index (χ1v) is 4.64. The zero-order valence-corrected chi connectivity index (χ0v) is 8.47. The van der Waals surface area contributed by atoms with E-state index in [1.54, 1.807) is 18.2 Å². The van der Waals surface area contributed by atoms with Crippen molar-refractivity contribution in [2.24, 2.45) is 0 Å². The van der Waals surface area contributed by atoms with Crippen molar-refractivity contribution in [3.63, 3.8) is 0 Å². The van der Waals surface area contributed by atoms with Gasteiger partial charge in [0.1, 0.15) is 11.5 Å². The summed E-state index contributed by atoms with van der Waals surface area (Å²) in [7, 11) is 0. The van der Waals surface area contributed by atoms with E-state index in [0.29, 0.717) is 6.61 Å². The van der Waals surface area contributed by atoms with E-state index < -0.39 is 0 Å². The van der Waals surface area contributed by atoms with Crippen molar-refractivity contribution in [2.75, 3.05) is 6.61 Å². The highest BCUT2D eigenvalue weighted by molar-refractivity contribution is 9.10. The summed E-state index contributed by atoms with van der Waals surface area (Å²) in [5.74, 6) is 1.01. The molecule has 0 radical (unpaired) electrons. The van der Waals surface area contributed by atoms with Gasteiger partial charge < -0.3 is 9.84 Å². The Kier molecular flexibility index (Phi) is 3.41. The second-order valence-corrected chi connectivity index (χ2v) is 3.32. The van der Waals surface area contributed by atoms with Crippen molar-refractivity contribution < 1.29 is 9.84 Å². The number of rotatable bonds is 3. The molecule has 2 nitrogen and oxygen atoms in total. The molecule has 0 aliphatic carbocycles. The molecule has 0 bridgehead atoms. The van der Waals surface area contributed by atoms with Crippen molar-refractivity contribution in [1.82, 2.24) is 0 Å². The van der Waals surface area contributed by atoms with Crippen LogP contribution >= 0.6 is 15.9 Å². The number of hydrogen-bond donors (Lipinski definition) is 1. The predicted molar refractivity (Wildman–Crippen MR) is 51.6 cm³/mol. The molecular formula is C9H11BrO2. The summed E-state index contributed by atoms with van der Waals surface area (Å²) in [6.07, 6.45) is 0.979. The fourth-order valence-corrected chi connectivity index (χ4v) is 1.30. The molecule has 1 N–H and O–H groups in total. The monoisotopic (exact) mass is 230 g/mol. The molecule has 0 saturated carbocycles. The number of phenolic OH excluding ortho intramolecular Hbond substituents is 1. The van der Waals surface area contributed by atoms with E-state index in [-0.39, 0.29) is 5.75 Å². The lowest BCUT2D eigenvalue weighted by molar-refractivity contribution is 0.315. The fraction of sp³-hybridized carbons (Fsp3) is 0.333. The Morgan fingerprint density at radius 3 is 2.83 bits per heavy atom. The molecule has 0 atom stereocenters. The van der Waals surface area contributed by atoms with Crippen LogP contribution in [0.1, 0.15) is 13.3 Å². The van der Waals surface area contributed by atoms with Gasteiger partial charge >= 0.3 is 0 Å². The van der Waals surface area contributed by atoms with Gasteiger partial charge in [-0.05, 0) is 40.5 Å². The summed E-state index contributed by atoms with van der Waals surface area (Å²) in [4.78, 5) is 0. The number of phenols is 1. The molecule has 0 heterocycles. The summed E-state index contributed by atoms with van der Waals surface area (Å²) in [6.45, 7) is 2.75. The Hall–Kier alpha value is -0.700. The van der Waals surface area contributed by atoms with Gasteiger partial charge in [0.15, 0.2) is 0 Å². The molecule has 0 amide bonds. The Labute approximate surface area is 80.3 Å². The first-order chi connectivity index (χ1) is 5.74. The number of benzene rings is 1. The molecule has 0 unspecified atom stereocenters. The summed E-state index contributed by atoms with van der Waals surface area (Å²) in [5.41, 5.74) is 0. The van der Waals surface area contributed by atoms with Crippen LogP contribution in [0.25, 0.3) is 0 Å². The average Bonchev–Trinajstić information content (AvgIpc) is 2.03. The Morgan fingerprint density at radius 1 is 1.50 bits per heavy atom. The van der Waals surface area contributed by atoms with Crippen LogP contribution in [0.4, 0.5) is 0 Å². The summed E-state index contributed by atoms with van der Waals surface area (Å²) in [5, 5.41) is 9.08. The van der Waals surface area contributed by atoms with E-state index in [4.69, 9.17) is 9.84 Å². The predicted octanol–water partition coefficient (Wildman–Crippen LogP) is 2.94. The second-order valence-electron chi connectivity index (χ2n) is 2.46. The SMILES string of the molecule is CCCOc1ccc(O)cc1Br. The van der Waals surface area contributed by atoms with Crippen LogP contribution in [0.2, 0.25) is 0 Å². The molecule has 66 valence electrons. The molecule has 0 aliphatic heterocycles. The third-order valence-electron chi connectivity index (χ3n) is 1.38. The standard InChI is InChI=1S/C9H11BrO2/c1-2-5-12-9-4-3-7(11)6-8(9)10/h3-4,6,11H,2,5H2,1H3. The van der Waals surface area contributed by atoms with Crippen LogP contribution in [0.5, 0.6) is 11.5 Å². The van der Waals surface area contributed by atoms with Crippen LogP contribution in [-0.4, -0.2) is 11.7 Å². The summed E-state index contributed by atoms with van der Waals surface area (Å²) in [6, 6.07) is 4.97. The van der Waals surface area contributed by atoms with Gasteiger partial charge in [0, 0.05) is 0 Å². The fourth-order valence-electron chi connectivity index (χ4n) is 0.819. The van der Waals surface area contributed by atoms with Crippen molar-refractivity contribution in [3.8, 4) is 11.5 Å². The largest absolute Gasteiger partial charge is 0.508 e. The number of ether oxygens (including phenoxy) is 1. The van der Waals surface area contributed by atoms with Crippen LogP contribution in [0.3, 0.4) is 0 Å². The van der Waals surface area contributed by atoms with Gasteiger partial charge in [-0.15, -0.1) is 0 Å². The first kappa shape index (κ1) is 9.39. The van der Waals surface area contributed by atoms with E-state index >= 15 is 0 Å². The minimum atomic E-state index is 0.241. The van der Waals surface area contributed by atoms with Gasteiger partial charge in [-0.1, -0.05) is 6.92 Å². The Balaban J connectivity index is 2.72. The van der Waals surface area contributed by atoms with Crippen molar-refractivity contribution in [1.29, 1.82) is 0 Å². The first-order valence-electron chi connectivity index (χ1n) is 3.85. The zero-order valence-electron chi connectivity index (χ0n) is 6.88. The maximum absolute atomic E-state index is 9.08. The summed E-state index contributed by atoms with van der Waals surface area (Å²) < 4.78 is 6.17. The topological polar surface area (TPSA) is 29.5 Å². The maximum atomic E-state index is 9.08. The maximum Gasteiger partial charge on any atom is 0.133 e. The molecule has 0 saturated heterocycles. The lowest BCUT2D eigenvalue weighted by Gasteiger charge is -2.06. The van der Waals surface area contributed by atoms with Crippen LogP contribution in [-0.2, 0) is 0 Å². The van der Waals surface area contributed by atoms with E-state index in [9.17, 15) is 0 Å². The highest BCUT2D eigenvalue weighted by atomic mass is 79.9. The van der Waals surface area contributed by atoms with Crippen LogP contribution in [0.15, 0.2) is 22.7 Å². The van der Waals surface area contributed by atoms with Gasteiger partial charge in [0.05, 0.1) is 11.1 Å². The van der Waals surface area contributed by atoms with Crippen molar-refractivity contribution >= 4 is 15.9 Å². The molecular weight excluding hydrogens is 220 g/mol. The van der Waals surface area contributed by atoms with Gasteiger partial charge in [-0.25, -0.2) is 0 Å². The second kappa shape index (κ2) is 4.36. The van der Waals surface area contributed by atoms with Gasteiger partial charge in [0.2, 0.25) is 0 Å². The number of halogens is 1. The van der Waals surface area contributed by atoms with Gasteiger partial charge in [-0.3, -0.25) is 0 Å². The van der Waals surface area contributed by atoms with Crippen molar-refractivity contribution in [2.45, 2.75) is 13.3 Å². The number of hydrogen-bond acceptors (Lipinski definition) is 2. The lowest BCUT2D eigenvalue weighted by Crippen LogP contribution is -1.95. The quantitative estimate of drug-likeness (QED) is 0.866. The minimum absolute atomic E-state index is 0.241. The molecule has 1 aromatic rings. The Bertz CT molecular complexity index is 261. The molecule has 1 aromatic carbocycles. The molecule has 0 spiro atoms. The van der Waals surface area contributed by atoms with E-state index in [0.717, 1.165) is 16.6 Å². The molecule has 1 rings (SSSR count). The molecule has 3 heteroatoms. The smallest absolute Gasteiger partial charge is 0.133 e. The third-order valence-corrected chi connectivity index (χ3v) is 2.00. The average molecular weight is 231 g/mol.